The van der Waals surface area contributed by atoms with Gasteiger partial charge in [-0.05, 0) is 6.42 Å². The van der Waals surface area contributed by atoms with Gasteiger partial charge in [0, 0.05) is 41.0 Å². The fourth-order valence-corrected chi connectivity index (χ4v) is 8.11. The number of carboxylic acid groups (broad SMARTS) is 2. The van der Waals surface area contributed by atoms with Crippen molar-refractivity contribution in [3.8, 4) is 0 Å². The number of nitrogens with one attached hydrogen (secondary N) is 15. The number of aliphatic hydroxyl groups is 10. The normalized spacial score (nSPS) is 13.9. The summed E-state index contributed by atoms with van der Waals surface area (Å²) in [6, 6.07) is -21.4. The molecule has 0 aliphatic heterocycles. The van der Waals surface area contributed by atoms with E-state index in [1.165, 1.54) is 0 Å². The number of nitrogens with two attached hydrogens (primary N) is 8. The Morgan fingerprint density at radius 1 is 0.198 bits per heavy atom. The summed E-state index contributed by atoms with van der Waals surface area (Å²) in [6.07, 6.45) is -3.51. The van der Waals surface area contributed by atoms with Crippen LogP contribution in [-0.4, -0.2) is 366 Å². The molecular formula is C61H105N23O37. The Labute approximate surface area is 682 Å². The molecule has 0 fully saturated rings. The fraction of sp³-hybridized carbons (Fsp3) is 0.590. The number of carbonyl (C=O) groups is 25. The smallest absolute Gasteiger partial charge is 0.305 e. The molecule has 0 heterocycles. The number of aliphatic carboxylic acids is 2. The summed E-state index contributed by atoms with van der Waals surface area (Å²) in [5, 5.41) is 139. The van der Waals surface area contributed by atoms with Crippen LogP contribution in [0.4, 0.5) is 0 Å². The van der Waals surface area contributed by atoms with E-state index in [0.717, 1.165) is 34.6 Å². The van der Waals surface area contributed by atoms with Gasteiger partial charge >= 0.3 is 11.9 Å². The third kappa shape index (κ3) is 53.3. The zero-order valence-corrected chi connectivity index (χ0v) is 65.2. The fourth-order valence-electron chi connectivity index (χ4n) is 8.11. The lowest BCUT2D eigenvalue weighted by molar-refractivity contribution is -0.141. The maximum Gasteiger partial charge on any atom is 0.305 e. The van der Waals surface area contributed by atoms with Crippen molar-refractivity contribution in [1.29, 1.82) is 0 Å². The van der Waals surface area contributed by atoms with Crippen LogP contribution < -0.4 is 126 Å². The highest BCUT2D eigenvalue weighted by atomic mass is 16.4. The molecule has 0 unspecified atom stereocenters. The molecule has 23 amide bonds. The molecule has 0 aromatic rings. The van der Waals surface area contributed by atoms with E-state index in [4.69, 9.17) is 107 Å². The molecule has 0 spiro atoms. The van der Waals surface area contributed by atoms with E-state index in [1.807, 2.05) is 26.6 Å². The molecule has 0 rings (SSSR count). The third-order valence-corrected chi connectivity index (χ3v) is 14.0. The summed E-state index contributed by atoms with van der Waals surface area (Å²) in [5.74, 6) is -23.5. The molecule has 60 nitrogen and oxygen atoms in total. The van der Waals surface area contributed by atoms with E-state index in [2.05, 4.69) is 53.2 Å². The number of primary amides is 8. The number of amides is 23. The summed E-state index contributed by atoms with van der Waals surface area (Å²) >= 11 is 0. The van der Waals surface area contributed by atoms with Crippen LogP contribution in [0.2, 0.25) is 0 Å². The number of hydrogen-bond acceptors (Lipinski definition) is 35. The van der Waals surface area contributed by atoms with E-state index >= 15 is 0 Å². The minimum Gasteiger partial charge on any atom is -0.481 e. The van der Waals surface area contributed by atoms with Crippen LogP contribution in [0.5, 0.6) is 0 Å². The number of rotatable bonds is 51. The van der Waals surface area contributed by atoms with Crippen LogP contribution in [0.3, 0.4) is 0 Å². The van der Waals surface area contributed by atoms with Gasteiger partial charge < -0.3 is 187 Å². The molecule has 0 aromatic heterocycles. The number of carboxylic acids is 2. The third-order valence-electron chi connectivity index (χ3n) is 14.0. The zero-order chi connectivity index (χ0) is 95.0. The van der Waals surface area contributed by atoms with Gasteiger partial charge in [0.15, 0.2) is 0 Å². The summed E-state index contributed by atoms with van der Waals surface area (Å²) in [4.78, 5) is 284. The number of hydrogen-bond donors (Lipinski definition) is 35. The molecule has 0 saturated carbocycles. The monoisotopic (exact) mass is 1750 g/mol. The van der Waals surface area contributed by atoms with Crippen LogP contribution in [0.15, 0.2) is 0 Å². The predicted octanol–water partition coefficient (Wildman–Crippen LogP) is -24.4. The maximum absolute atomic E-state index is 12.1. The largest absolute Gasteiger partial charge is 0.481 e. The van der Waals surface area contributed by atoms with Gasteiger partial charge in [0.05, 0.1) is 91.8 Å². The highest BCUT2D eigenvalue weighted by molar-refractivity contribution is 6.01. The Balaban J connectivity index is -0.000000463. The van der Waals surface area contributed by atoms with Crippen molar-refractivity contribution in [2.75, 3.05) is 66.1 Å². The van der Waals surface area contributed by atoms with Crippen LogP contribution in [0.25, 0.3) is 0 Å². The SMILES string of the molecule is CC(=O)N[C@@H](CO)C(=O)N[C@@H](CC(=O)O)C(=O)N[C@@H](CO)C(N)=O.CC(=O)N[C@@H](CO)C(=O)N[C@@H](CCC(=O)O)C(=O)N[C@@H](CO)C(N)=O.CC(=O)N[C@@H](CO)C(=O)N[C@H](CC(N)=O)C(=O)N[C@@H](CO)C(N)=O.CC(=O)N[C@H](CO)C(=O)N[C@@H](CC(N)=O)C(=O)N[C@H](CO)C(N)=O.CC(=O)N[C@H](CO)C(=O)N[C@H](CC(N)=O)C(=O)N[C@H](CO)C(N)=O. The molecule has 686 valence electrons. The molecule has 15 atom stereocenters. The molecule has 60 heteroatoms. The van der Waals surface area contributed by atoms with Crippen LogP contribution in [0.1, 0.15) is 73.1 Å². The van der Waals surface area contributed by atoms with Crippen LogP contribution in [0, 0.1) is 0 Å². The first-order valence-electron chi connectivity index (χ1n) is 34.3. The van der Waals surface area contributed by atoms with Crippen molar-refractivity contribution in [2.24, 2.45) is 45.9 Å². The second kappa shape index (κ2) is 62.6. The average Bonchev–Trinajstić information content (AvgIpc) is 0.906. The van der Waals surface area contributed by atoms with Crippen molar-refractivity contribution in [3.05, 3.63) is 0 Å². The highest BCUT2D eigenvalue weighted by Gasteiger charge is 2.36. The van der Waals surface area contributed by atoms with Gasteiger partial charge in [0.25, 0.3) is 0 Å². The van der Waals surface area contributed by atoms with Crippen LogP contribution >= 0.6 is 0 Å². The van der Waals surface area contributed by atoms with E-state index in [0.29, 0.717) is 0 Å². The van der Waals surface area contributed by atoms with Crippen molar-refractivity contribution >= 4 is 148 Å². The molecule has 0 aliphatic carbocycles. The minimum atomic E-state index is -1.62. The Kier molecular flexibility index (Phi) is 59.9. The Morgan fingerprint density at radius 3 is 0.471 bits per heavy atom. The molecule has 43 N–H and O–H groups in total. The molecule has 0 radical (unpaired) electrons. The second-order valence-electron chi connectivity index (χ2n) is 24.3. The average molecular weight is 1750 g/mol. The Hall–Kier alpha value is -13.6. The first-order valence-corrected chi connectivity index (χ1v) is 34.3. The maximum atomic E-state index is 12.1. The predicted molar refractivity (Wildman–Crippen MR) is 395 cm³/mol. The first kappa shape index (κ1) is 116. The Morgan fingerprint density at radius 2 is 0.339 bits per heavy atom. The lowest BCUT2D eigenvalue weighted by Crippen LogP contribution is -2.58. The van der Waals surface area contributed by atoms with Gasteiger partial charge in [-0.1, -0.05) is 0 Å². The zero-order valence-electron chi connectivity index (χ0n) is 65.2. The lowest BCUT2D eigenvalue weighted by Gasteiger charge is -2.23. The van der Waals surface area contributed by atoms with Gasteiger partial charge in [-0.25, -0.2) is 0 Å². The standard InChI is InChI=1S/C13H22N4O8.3C12H21N5O7.C12H20N4O8/c1-6(20)15-9(5-19)13(25)16-7(2-3-10(21)22)12(24)17-8(4-18)11(14)23;3*1-5(20)15-8(4-19)12(24)16-6(2-9(13)21)11(23)17-7(3-18)10(14)22;1-5(19)14-8(4-18)12(24)15-6(2-9(20)21)11(23)16-7(3-17)10(13)22/h7-9,18-19H,2-5H2,1H3,(H2,14,23)(H,15,20)(H,16,25)(H,17,24)(H,21,22);3*6-8,18-19H,2-4H2,1H3,(H2,13,21)(H2,14,22)(H,15,20)(H,16,24)(H,17,23);6-8,17-18H,2-4H2,1H3,(H2,13,22)(H,14,19)(H,15,24)(H,16,23)(H,20,21)/t7-,8-,9-;2*6-,7+,8+;2*6-,7-,8-/m01010/s1. The molecular weight excluding hydrogens is 1650 g/mol. The summed E-state index contributed by atoms with van der Waals surface area (Å²) in [6.45, 7) is -2.22. The highest BCUT2D eigenvalue weighted by Crippen LogP contribution is 2.04. The minimum absolute atomic E-state index is 0.331. The molecule has 0 bridgehead atoms. The topological polar surface area (TPSA) is 1060 Å². The van der Waals surface area contributed by atoms with Crippen molar-refractivity contribution in [2.45, 2.75) is 164 Å². The Bertz CT molecular complexity index is 3250. The lowest BCUT2D eigenvalue weighted by atomic mass is 10.1. The summed E-state index contributed by atoms with van der Waals surface area (Å²) in [7, 11) is 0. The van der Waals surface area contributed by atoms with E-state index in [9.17, 15) is 120 Å². The van der Waals surface area contributed by atoms with Gasteiger partial charge in [0.1, 0.15) is 90.6 Å². The summed E-state index contributed by atoms with van der Waals surface area (Å²) in [5.41, 5.74) is 39.7. The van der Waals surface area contributed by atoms with Crippen molar-refractivity contribution in [3.63, 3.8) is 0 Å². The molecule has 0 saturated heterocycles. The van der Waals surface area contributed by atoms with Gasteiger partial charge in [-0.3, -0.25) is 120 Å². The van der Waals surface area contributed by atoms with Gasteiger partial charge in [0.2, 0.25) is 136 Å². The van der Waals surface area contributed by atoms with E-state index in [1.54, 1.807) is 0 Å². The number of carbonyl (C=O) groups excluding carboxylic acids is 23. The van der Waals surface area contributed by atoms with E-state index in [-0.39, 0.29) is 6.42 Å². The van der Waals surface area contributed by atoms with E-state index < -0.39 is 337 Å². The van der Waals surface area contributed by atoms with Crippen molar-refractivity contribution in [1.82, 2.24) is 79.8 Å². The first-order chi connectivity index (χ1) is 56.1. The number of aliphatic hydroxyl groups excluding tert-OH is 10. The quantitative estimate of drug-likeness (QED) is 0.0269. The van der Waals surface area contributed by atoms with Gasteiger partial charge in [-0.15, -0.1) is 0 Å². The van der Waals surface area contributed by atoms with Gasteiger partial charge in [-0.2, -0.15) is 0 Å². The van der Waals surface area contributed by atoms with Crippen molar-refractivity contribution < 1.29 is 181 Å². The summed E-state index contributed by atoms with van der Waals surface area (Å²) < 4.78 is 0. The second-order valence-corrected chi connectivity index (χ2v) is 24.3. The molecule has 0 aliphatic rings. The van der Waals surface area contributed by atoms with Crippen LogP contribution in [-0.2, 0) is 120 Å². The molecule has 121 heavy (non-hydrogen) atoms. The molecule has 0 aromatic carbocycles.